The monoisotopic (exact) mass is 446 g/mol. The van der Waals surface area contributed by atoms with Crippen LogP contribution < -0.4 is 20.1 Å². The van der Waals surface area contributed by atoms with Crippen molar-refractivity contribution in [1.29, 1.82) is 0 Å². The number of likely N-dealkylation sites (tertiary alicyclic amines) is 1. The van der Waals surface area contributed by atoms with Crippen LogP contribution in [0.15, 0.2) is 23.2 Å². The molecule has 3 rings (SSSR count). The van der Waals surface area contributed by atoms with Crippen LogP contribution in [0.25, 0.3) is 0 Å². The number of nitrogens with zero attached hydrogens (tertiary/aromatic N) is 2. The molecule has 1 atom stereocenters. The molecule has 1 saturated heterocycles. The second kappa shape index (κ2) is 12.9. The van der Waals surface area contributed by atoms with Gasteiger partial charge < -0.3 is 30.1 Å². The molecule has 0 spiro atoms. The number of hydrogen-bond acceptors (Lipinski definition) is 5. The molecule has 1 saturated carbocycles. The van der Waals surface area contributed by atoms with E-state index in [9.17, 15) is 5.11 Å². The topological polar surface area (TPSA) is 78.4 Å². The van der Waals surface area contributed by atoms with Crippen LogP contribution in [0.3, 0.4) is 0 Å². The highest BCUT2D eigenvalue weighted by Crippen LogP contribution is 2.30. The maximum Gasteiger partial charge on any atom is 0.191 e. The maximum absolute atomic E-state index is 10.7. The van der Waals surface area contributed by atoms with E-state index in [1.165, 1.54) is 38.6 Å². The molecule has 1 aliphatic heterocycles. The molecule has 0 bridgehead atoms. The highest BCUT2D eigenvalue weighted by Gasteiger charge is 2.23. The van der Waals surface area contributed by atoms with E-state index < -0.39 is 6.10 Å². The smallest absolute Gasteiger partial charge is 0.191 e. The molecule has 0 radical (unpaired) electrons. The van der Waals surface area contributed by atoms with Crippen molar-refractivity contribution in [1.82, 2.24) is 15.5 Å². The number of aliphatic hydroxyl groups excluding tert-OH is 1. The molecule has 1 aliphatic carbocycles. The highest BCUT2D eigenvalue weighted by molar-refractivity contribution is 5.80. The van der Waals surface area contributed by atoms with Gasteiger partial charge in [-0.05, 0) is 56.2 Å². The van der Waals surface area contributed by atoms with Crippen molar-refractivity contribution in [3.05, 3.63) is 23.8 Å². The summed E-state index contributed by atoms with van der Waals surface area (Å²) in [6, 6.07) is 5.89. The summed E-state index contributed by atoms with van der Waals surface area (Å²) in [6.45, 7) is 6.72. The number of aliphatic hydroxyl groups is 1. The minimum Gasteiger partial charge on any atom is -0.493 e. The number of rotatable bonds is 9. The third kappa shape index (κ3) is 7.27. The quantitative estimate of drug-likeness (QED) is 0.399. The zero-order valence-corrected chi connectivity index (χ0v) is 20.1. The van der Waals surface area contributed by atoms with Crippen LogP contribution in [0, 0.1) is 5.92 Å². The molecule has 1 unspecified atom stereocenters. The predicted octanol–water partition coefficient (Wildman–Crippen LogP) is 3.34. The Balaban J connectivity index is 1.49. The van der Waals surface area contributed by atoms with Crippen molar-refractivity contribution in [3.8, 4) is 11.5 Å². The number of ether oxygens (including phenoxy) is 2. The number of nitrogens with one attached hydrogen (secondary N) is 2. The molecule has 0 amide bonds. The van der Waals surface area contributed by atoms with E-state index in [0.717, 1.165) is 49.9 Å². The molecule has 1 heterocycles. The van der Waals surface area contributed by atoms with Crippen LogP contribution in [0.1, 0.15) is 63.5 Å². The second-order valence-electron chi connectivity index (χ2n) is 9.07. The van der Waals surface area contributed by atoms with Gasteiger partial charge in [0.15, 0.2) is 17.5 Å². The zero-order valence-electron chi connectivity index (χ0n) is 20.1. The Bertz CT molecular complexity index is 713. The van der Waals surface area contributed by atoms with Crippen LogP contribution >= 0.6 is 0 Å². The Labute approximate surface area is 193 Å². The van der Waals surface area contributed by atoms with Gasteiger partial charge in [0.05, 0.1) is 26.9 Å². The lowest BCUT2D eigenvalue weighted by molar-refractivity contribution is 0.160. The van der Waals surface area contributed by atoms with Crippen LogP contribution in [0.5, 0.6) is 11.5 Å². The Kier molecular flexibility index (Phi) is 9.93. The third-order valence-electron chi connectivity index (χ3n) is 6.73. The van der Waals surface area contributed by atoms with Crippen molar-refractivity contribution in [2.75, 3.05) is 46.9 Å². The van der Waals surface area contributed by atoms with Crippen molar-refractivity contribution in [3.63, 3.8) is 0 Å². The van der Waals surface area contributed by atoms with Gasteiger partial charge in [0, 0.05) is 32.2 Å². The molecule has 7 nitrogen and oxygen atoms in total. The molecule has 1 aromatic carbocycles. The van der Waals surface area contributed by atoms with Gasteiger partial charge in [0.25, 0.3) is 0 Å². The SMILES string of the molecule is CCNC(=NCC(O)c1ccc(OC)c(OC)c1)NC1CCN(CC2CCCCC2)CC1. The summed E-state index contributed by atoms with van der Waals surface area (Å²) < 4.78 is 10.6. The molecule has 180 valence electrons. The first-order chi connectivity index (χ1) is 15.6. The first kappa shape index (κ1) is 24.6. The van der Waals surface area contributed by atoms with Gasteiger partial charge >= 0.3 is 0 Å². The molecule has 2 aliphatic rings. The fourth-order valence-corrected chi connectivity index (χ4v) is 4.85. The highest BCUT2D eigenvalue weighted by atomic mass is 16.5. The van der Waals surface area contributed by atoms with Gasteiger partial charge in [-0.3, -0.25) is 4.99 Å². The van der Waals surface area contributed by atoms with E-state index in [-0.39, 0.29) is 6.54 Å². The Morgan fingerprint density at radius 3 is 2.47 bits per heavy atom. The van der Waals surface area contributed by atoms with Gasteiger partial charge in [0.1, 0.15) is 0 Å². The minimum absolute atomic E-state index is 0.283. The number of piperidine rings is 1. The second-order valence-corrected chi connectivity index (χ2v) is 9.07. The summed E-state index contributed by atoms with van der Waals surface area (Å²) in [5, 5.41) is 17.6. The van der Waals surface area contributed by atoms with E-state index in [2.05, 4.69) is 27.4 Å². The Hall–Kier alpha value is -1.99. The van der Waals surface area contributed by atoms with Crippen LogP contribution in [-0.4, -0.2) is 69.0 Å². The number of aliphatic imine (C=N–C) groups is 1. The summed E-state index contributed by atoms with van der Waals surface area (Å²) in [5.41, 5.74) is 0.762. The summed E-state index contributed by atoms with van der Waals surface area (Å²) in [6.07, 6.45) is 8.65. The number of benzene rings is 1. The molecular weight excluding hydrogens is 404 g/mol. The van der Waals surface area contributed by atoms with E-state index in [1.807, 2.05) is 12.1 Å². The normalized spacial score (nSPS) is 20.1. The average Bonchev–Trinajstić information content (AvgIpc) is 2.83. The number of hydrogen-bond donors (Lipinski definition) is 3. The summed E-state index contributed by atoms with van der Waals surface area (Å²) in [7, 11) is 3.20. The first-order valence-corrected chi connectivity index (χ1v) is 12.3. The van der Waals surface area contributed by atoms with E-state index in [1.54, 1.807) is 20.3 Å². The first-order valence-electron chi connectivity index (χ1n) is 12.3. The predicted molar refractivity (Wildman–Crippen MR) is 130 cm³/mol. The van der Waals surface area contributed by atoms with Crippen molar-refractivity contribution >= 4 is 5.96 Å². The summed E-state index contributed by atoms with van der Waals surface area (Å²) in [4.78, 5) is 7.31. The lowest BCUT2D eigenvalue weighted by Gasteiger charge is -2.36. The van der Waals surface area contributed by atoms with E-state index >= 15 is 0 Å². The lowest BCUT2D eigenvalue weighted by atomic mass is 9.88. The third-order valence-corrected chi connectivity index (χ3v) is 6.73. The van der Waals surface area contributed by atoms with Gasteiger partial charge in [-0.2, -0.15) is 0 Å². The van der Waals surface area contributed by atoms with E-state index in [4.69, 9.17) is 9.47 Å². The van der Waals surface area contributed by atoms with E-state index in [0.29, 0.717) is 17.5 Å². The van der Waals surface area contributed by atoms with Crippen molar-refractivity contribution < 1.29 is 14.6 Å². The molecule has 1 aromatic rings. The lowest BCUT2D eigenvalue weighted by Crippen LogP contribution is -2.49. The zero-order chi connectivity index (χ0) is 22.8. The number of guanidine groups is 1. The van der Waals surface area contributed by atoms with Gasteiger partial charge in [-0.25, -0.2) is 0 Å². The summed E-state index contributed by atoms with van der Waals surface area (Å²) >= 11 is 0. The van der Waals surface area contributed by atoms with Crippen molar-refractivity contribution in [2.24, 2.45) is 10.9 Å². The van der Waals surface area contributed by atoms with Crippen LogP contribution in [0.2, 0.25) is 0 Å². The molecular formula is C25H42N4O3. The molecule has 0 aromatic heterocycles. The van der Waals surface area contributed by atoms with Gasteiger partial charge in [0.2, 0.25) is 0 Å². The molecule has 7 heteroatoms. The van der Waals surface area contributed by atoms with Crippen LogP contribution in [0.4, 0.5) is 0 Å². The molecule has 2 fully saturated rings. The van der Waals surface area contributed by atoms with Gasteiger partial charge in [-0.15, -0.1) is 0 Å². The standard InChI is InChI=1S/C25H42N4O3/c1-4-26-25(27-17-22(30)20-10-11-23(31-2)24(16-20)32-3)28-21-12-14-29(15-13-21)18-19-8-6-5-7-9-19/h10-11,16,19,21-22,30H,4-9,12-15,17-18H2,1-3H3,(H2,26,27,28). The summed E-state index contributed by atoms with van der Waals surface area (Å²) in [5.74, 6) is 2.94. The largest absolute Gasteiger partial charge is 0.493 e. The van der Waals surface area contributed by atoms with Crippen LogP contribution in [-0.2, 0) is 0 Å². The average molecular weight is 447 g/mol. The van der Waals surface area contributed by atoms with Crippen molar-refractivity contribution in [2.45, 2.75) is 64.0 Å². The fraction of sp³-hybridized carbons (Fsp3) is 0.720. The molecule has 3 N–H and O–H groups in total. The molecule has 32 heavy (non-hydrogen) atoms. The Morgan fingerprint density at radius 1 is 1.09 bits per heavy atom. The number of methoxy groups -OCH3 is 2. The maximum atomic E-state index is 10.7. The fourth-order valence-electron chi connectivity index (χ4n) is 4.85. The minimum atomic E-state index is -0.706. The van der Waals surface area contributed by atoms with Gasteiger partial charge in [-0.1, -0.05) is 25.3 Å². The Morgan fingerprint density at radius 2 is 1.81 bits per heavy atom.